The van der Waals surface area contributed by atoms with Crippen molar-refractivity contribution in [3.63, 3.8) is 0 Å². The molecule has 0 aromatic carbocycles. The van der Waals surface area contributed by atoms with E-state index in [0.29, 0.717) is 0 Å². The fraction of sp³-hybridized carbons (Fsp3) is 0.909. The molecule has 0 aromatic heterocycles. The van der Waals surface area contributed by atoms with E-state index in [-0.39, 0.29) is 0 Å². The van der Waals surface area contributed by atoms with Gasteiger partial charge in [0, 0.05) is 0 Å². The molecule has 0 unspecified atom stereocenters. The topological polar surface area (TPSA) is 55.4 Å². The summed E-state index contributed by atoms with van der Waals surface area (Å²) in [4.78, 5) is 0. The Morgan fingerprint density at radius 3 is 1.04 bits per heavy atom. The molecule has 0 bridgehead atoms. The monoisotopic (exact) mass is 461 g/mol. The first-order valence-corrected chi connectivity index (χ1v) is 23.1. The molecule has 0 saturated carbocycles. The molecule has 0 spiro atoms. The molecule has 6 nitrogen and oxygen atoms in total. The maximum atomic E-state index is 6.27. The average Bonchev–Trinajstić information content (AvgIpc) is 2.54. The van der Waals surface area contributed by atoms with E-state index in [1.165, 1.54) is 0 Å². The molecule has 0 N–H and O–H groups in total. The third kappa shape index (κ3) is 7.12. The Hall–Kier alpha value is 1.28. The van der Waals surface area contributed by atoms with Crippen molar-refractivity contribution in [2.24, 2.45) is 0 Å². The van der Waals surface area contributed by atoms with E-state index in [4.69, 9.17) is 26.6 Å². The van der Waals surface area contributed by atoms with Gasteiger partial charge in [-0.2, -0.15) is 0 Å². The van der Waals surface area contributed by atoms with Crippen LogP contribution in [0.25, 0.3) is 0 Å². The van der Waals surface area contributed by atoms with E-state index >= 15 is 0 Å². The van der Waals surface area contributed by atoms with Crippen LogP contribution in [0.15, 0.2) is 0 Å². The highest BCUT2D eigenvalue weighted by Crippen LogP contribution is 2.33. The van der Waals surface area contributed by atoms with Crippen LogP contribution in [0.3, 0.4) is 0 Å². The zero-order valence-corrected chi connectivity index (χ0v) is 26.0. The van der Waals surface area contributed by atoms with Crippen molar-refractivity contribution in [1.29, 1.82) is 0 Å². The summed E-state index contributed by atoms with van der Waals surface area (Å²) in [5.41, 5.74) is -1.84. The lowest BCUT2D eigenvalue weighted by Crippen LogP contribution is -2.68. The van der Waals surface area contributed by atoms with Gasteiger partial charge in [0.2, 0.25) is 20.0 Å². The lowest BCUT2D eigenvalue weighted by atomic mass is 10.6. The van der Waals surface area contributed by atoms with Crippen molar-refractivity contribution in [3.05, 3.63) is 6.92 Å². The molecule has 0 saturated heterocycles. The Balaban J connectivity index is 6.05. The predicted molar refractivity (Wildman–Crippen MR) is 120 cm³/mol. The van der Waals surface area contributed by atoms with E-state index in [9.17, 15) is 0 Å². The van der Waals surface area contributed by atoms with Gasteiger partial charge in [-0.05, 0) is 6.04 Å². The maximum Gasteiger partial charge on any atom is 0.246 e. The second-order valence-electron chi connectivity index (χ2n) is 5.00. The molecule has 0 amide bonds. The molecule has 0 aliphatic heterocycles. The van der Waals surface area contributed by atoms with Crippen LogP contribution in [-0.2, 0) is 26.6 Å². The van der Waals surface area contributed by atoms with Gasteiger partial charge in [-0.25, -0.2) is 0 Å². The molecule has 145 valence electrons. The predicted octanol–water partition coefficient (Wildman–Crippen LogP) is -2.29. The van der Waals surface area contributed by atoms with Crippen LogP contribution in [0.1, 0.15) is 6.42 Å². The minimum absolute atomic E-state index is 0.714. The summed E-state index contributed by atoms with van der Waals surface area (Å²) in [6, 6.07) is 0.869. The van der Waals surface area contributed by atoms with Gasteiger partial charge in [0.1, 0.15) is 0 Å². The third-order valence-corrected chi connectivity index (χ3v) is 13.3. The van der Waals surface area contributed by atoms with Gasteiger partial charge in [0.05, 0.1) is 0 Å². The molecule has 13 heteroatoms. The van der Waals surface area contributed by atoms with E-state index in [1.54, 1.807) is 0 Å². The summed E-state index contributed by atoms with van der Waals surface area (Å²) < 4.78 is 37.6. The average molecular weight is 462 g/mol. The summed E-state index contributed by atoms with van der Waals surface area (Å²) in [7, 11) is -6.31. The van der Waals surface area contributed by atoms with Crippen molar-refractivity contribution in [1.82, 2.24) is 0 Å². The Labute approximate surface area is 163 Å². The number of hydrogen-bond donors (Lipinski definition) is 0. The van der Waals surface area contributed by atoms with E-state index in [0.717, 1.165) is 12.5 Å². The van der Waals surface area contributed by atoms with Crippen molar-refractivity contribution in [3.8, 4) is 0 Å². The van der Waals surface area contributed by atoms with Crippen molar-refractivity contribution >= 4 is 67.4 Å². The highest BCUT2D eigenvalue weighted by atomic mass is 28.3. The highest BCUT2D eigenvalue weighted by molar-refractivity contribution is 6.66. The normalized spacial score (nSPS) is 21.1. The van der Waals surface area contributed by atoms with Crippen LogP contribution in [0.5, 0.6) is 0 Å². The first-order valence-electron chi connectivity index (χ1n) is 9.19. The first-order chi connectivity index (χ1) is 11.6. The van der Waals surface area contributed by atoms with Gasteiger partial charge in [-0.3, -0.25) is 0 Å². The zero-order valence-electron chi connectivity index (χ0n) is 16.4. The summed E-state index contributed by atoms with van der Waals surface area (Å²) in [5, 5.41) is 0. The van der Waals surface area contributed by atoms with Gasteiger partial charge in [-0.15, -0.1) is 0 Å². The summed E-state index contributed by atoms with van der Waals surface area (Å²) in [5.74, 6) is 0. The molecule has 0 atom stereocenters. The smallest absolute Gasteiger partial charge is 0.246 e. The van der Waals surface area contributed by atoms with Crippen molar-refractivity contribution in [2.45, 2.75) is 62.9 Å². The van der Waals surface area contributed by atoms with Gasteiger partial charge < -0.3 is 26.6 Å². The summed E-state index contributed by atoms with van der Waals surface area (Å²) in [6.07, 6.45) is 0.788. The van der Waals surface area contributed by atoms with Gasteiger partial charge >= 0.3 is 0 Å². The molecule has 1 radical (unpaired) electrons. The standard InChI is InChI=1S/C11H37O6Si7/c1-8-9-24(10(12-18-2,13-19-3)14-20-4)11(15-21-5,16-22-6)17-23-7/h24H,1,8-9,18-23H2,2-7H3. The second kappa shape index (κ2) is 14.4. The zero-order chi connectivity index (χ0) is 18.5. The molecule has 0 aromatic rings. The Morgan fingerprint density at radius 1 is 0.625 bits per heavy atom. The lowest BCUT2D eigenvalue weighted by Gasteiger charge is -2.48. The molecule has 24 heavy (non-hydrogen) atoms. The Bertz CT molecular complexity index is 255. The van der Waals surface area contributed by atoms with Gasteiger partial charge in [0.15, 0.2) is 58.6 Å². The molecule has 0 aliphatic rings. The molecular formula is C11H37O6Si7. The van der Waals surface area contributed by atoms with E-state index in [2.05, 4.69) is 46.2 Å². The first kappa shape index (κ1) is 25.3. The summed E-state index contributed by atoms with van der Waals surface area (Å²) in [6.45, 7) is 16.8. The van der Waals surface area contributed by atoms with E-state index in [1.807, 2.05) is 0 Å². The SMILES string of the molecule is [CH2]CC[SiH](C(O[SiH2]C)(O[SiH2]C)O[SiH2]C)C(O[SiH2]C)(O[SiH2]C)O[SiH2]C. The molecule has 0 heterocycles. The molecule has 0 fully saturated rings. The molecular weight excluding hydrogens is 425 g/mol. The largest absolute Gasteiger partial charge is 0.382 e. The van der Waals surface area contributed by atoms with Crippen LogP contribution in [-0.4, -0.2) is 78.6 Å². The quantitative estimate of drug-likeness (QED) is 0.191. The third-order valence-electron chi connectivity index (χ3n) is 3.42. The lowest BCUT2D eigenvalue weighted by molar-refractivity contribution is -0.238. The highest BCUT2D eigenvalue weighted by Gasteiger charge is 2.56. The minimum Gasteiger partial charge on any atom is -0.382 e. The van der Waals surface area contributed by atoms with Crippen LogP contribution < -0.4 is 0 Å². The second-order valence-corrected chi connectivity index (χ2v) is 13.3. The maximum absolute atomic E-state index is 6.27. The van der Waals surface area contributed by atoms with E-state index < -0.39 is 78.6 Å². The Kier molecular flexibility index (Phi) is 15.1. The van der Waals surface area contributed by atoms with Crippen LogP contribution in [0.2, 0.25) is 45.3 Å². The van der Waals surface area contributed by atoms with Gasteiger partial charge in [0.25, 0.3) is 0 Å². The fourth-order valence-corrected chi connectivity index (χ4v) is 16.6. The fourth-order valence-electron chi connectivity index (χ4n) is 2.83. The van der Waals surface area contributed by atoms with Crippen LogP contribution >= 0.6 is 0 Å². The Morgan fingerprint density at radius 2 is 0.875 bits per heavy atom. The van der Waals surface area contributed by atoms with Crippen LogP contribution in [0, 0.1) is 6.92 Å². The molecule has 0 aliphatic carbocycles. The number of rotatable bonds is 16. The molecule has 0 rings (SSSR count). The van der Waals surface area contributed by atoms with Crippen LogP contribution in [0.4, 0.5) is 0 Å². The van der Waals surface area contributed by atoms with Gasteiger partial charge in [-0.1, -0.05) is 52.6 Å². The summed E-state index contributed by atoms with van der Waals surface area (Å²) >= 11 is 0. The minimum atomic E-state index is -2.03. The van der Waals surface area contributed by atoms with Crippen molar-refractivity contribution in [2.75, 3.05) is 0 Å². The number of hydrogen-bond acceptors (Lipinski definition) is 6. The van der Waals surface area contributed by atoms with Crippen molar-refractivity contribution < 1.29 is 26.6 Å².